The summed E-state index contributed by atoms with van der Waals surface area (Å²) in [6.07, 6.45) is 8.76. The van der Waals surface area contributed by atoms with Crippen LogP contribution in [-0.2, 0) is 4.79 Å². The molecule has 0 radical (unpaired) electrons. The molecule has 0 amide bonds. The van der Waals surface area contributed by atoms with E-state index < -0.39 is 0 Å². The van der Waals surface area contributed by atoms with Gasteiger partial charge in [0.05, 0.1) is 12.6 Å². The number of carbonyl (C=O) groups excluding carboxylic acids is 1. The van der Waals surface area contributed by atoms with Crippen LogP contribution < -0.4 is 15.4 Å². The van der Waals surface area contributed by atoms with Crippen LogP contribution in [0.25, 0.3) is 0 Å². The van der Waals surface area contributed by atoms with Crippen LogP contribution in [0.1, 0.15) is 77.3 Å². The summed E-state index contributed by atoms with van der Waals surface area (Å²) < 4.78 is 5.85. The van der Waals surface area contributed by atoms with E-state index in [1.165, 1.54) is 38.5 Å². The van der Waals surface area contributed by atoms with Crippen molar-refractivity contribution in [2.75, 3.05) is 6.61 Å². The number of halogens is 1. The highest BCUT2D eigenvalue weighted by Gasteiger charge is 2.29. The summed E-state index contributed by atoms with van der Waals surface area (Å²) in [6.45, 7) is 6.33. The van der Waals surface area contributed by atoms with Crippen LogP contribution >= 0.6 is 23.8 Å². The number of allylic oxidation sites excluding steroid dienone is 1. The molecule has 0 spiro atoms. The van der Waals surface area contributed by atoms with Crippen molar-refractivity contribution in [1.82, 2.24) is 10.6 Å². The Morgan fingerprint density at radius 1 is 1.18 bits per heavy atom. The standard InChI is InChI=1S/C22H31ClN2O2S/c1-4-5-6-7-8-9-10-13-27-17-11-12-18(19(23)14-17)21-20(16(3)26)15(2)24-22(28)25-21/h11-12,14,21H,4-10,13H2,1-3H3,(H2,24,25,28). The van der Waals surface area contributed by atoms with Gasteiger partial charge in [0, 0.05) is 16.3 Å². The third-order valence-corrected chi connectivity index (χ3v) is 5.50. The van der Waals surface area contributed by atoms with E-state index in [1.54, 1.807) is 6.92 Å². The lowest BCUT2D eigenvalue weighted by Gasteiger charge is -2.30. The van der Waals surface area contributed by atoms with Crippen molar-refractivity contribution in [1.29, 1.82) is 0 Å². The number of nitrogens with one attached hydrogen (secondary N) is 2. The maximum Gasteiger partial charge on any atom is 0.171 e. The summed E-state index contributed by atoms with van der Waals surface area (Å²) in [5.41, 5.74) is 2.22. The molecule has 1 aromatic rings. The first-order valence-corrected chi connectivity index (χ1v) is 10.9. The van der Waals surface area contributed by atoms with Crippen LogP contribution in [0.15, 0.2) is 29.5 Å². The lowest BCUT2D eigenvalue weighted by atomic mass is 9.93. The minimum absolute atomic E-state index is 0.0136. The van der Waals surface area contributed by atoms with Crippen molar-refractivity contribution >= 4 is 34.7 Å². The van der Waals surface area contributed by atoms with Gasteiger partial charge in [-0.15, -0.1) is 0 Å². The van der Waals surface area contributed by atoms with Gasteiger partial charge in [0.15, 0.2) is 10.9 Å². The number of ether oxygens (including phenoxy) is 1. The fourth-order valence-electron chi connectivity index (χ4n) is 3.47. The van der Waals surface area contributed by atoms with Gasteiger partial charge >= 0.3 is 0 Å². The minimum atomic E-state index is -0.351. The summed E-state index contributed by atoms with van der Waals surface area (Å²) in [6, 6.07) is 5.28. The average Bonchev–Trinajstić information content (AvgIpc) is 2.63. The number of hydrogen-bond acceptors (Lipinski definition) is 3. The van der Waals surface area contributed by atoms with Gasteiger partial charge in [-0.1, -0.05) is 63.1 Å². The second-order valence-corrected chi connectivity index (χ2v) is 8.09. The molecule has 2 rings (SSSR count). The molecule has 1 unspecified atom stereocenters. The van der Waals surface area contributed by atoms with Crippen molar-refractivity contribution < 1.29 is 9.53 Å². The van der Waals surface area contributed by atoms with Gasteiger partial charge in [-0.3, -0.25) is 4.79 Å². The van der Waals surface area contributed by atoms with Gasteiger partial charge < -0.3 is 15.4 Å². The number of ketones is 1. The molecule has 0 aliphatic carbocycles. The molecule has 6 heteroatoms. The number of unbranched alkanes of at least 4 members (excludes halogenated alkanes) is 6. The SMILES string of the molecule is CCCCCCCCCOc1ccc(C2NC(=S)NC(C)=C2C(C)=O)c(Cl)c1. The van der Waals surface area contributed by atoms with Crippen LogP contribution in [0.5, 0.6) is 5.75 Å². The quantitative estimate of drug-likeness (QED) is 0.346. The van der Waals surface area contributed by atoms with Gasteiger partial charge in [0.25, 0.3) is 0 Å². The number of thiocarbonyl (C=S) groups is 1. The fraction of sp³-hybridized carbons (Fsp3) is 0.545. The van der Waals surface area contributed by atoms with Crippen molar-refractivity contribution in [2.45, 2.75) is 71.8 Å². The predicted molar refractivity (Wildman–Crippen MR) is 120 cm³/mol. The molecular formula is C22H31ClN2O2S. The highest BCUT2D eigenvalue weighted by molar-refractivity contribution is 7.80. The molecule has 28 heavy (non-hydrogen) atoms. The van der Waals surface area contributed by atoms with Crippen LogP contribution in [-0.4, -0.2) is 17.5 Å². The van der Waals surface area contributed by atoms with Crippen LogP contribution in [0.4, 0.5) is 0 Å². The average molecular weight is 423 g/mol. The van der Waals surface area contributed by atoms with Crippen molar-refractivity contribution in [2.24, 2.45) is 0 Å². The Labute approximate surface area is 179 Å². The number of hydrogen-bond donors (Lipinski definition) is 2. The van der Waals surface area contributed by atoms with E-state index in [0.29, 0.717) is 22.3 Å². The second-order valence-electron chi connectivity index (χ2n) is 7.28. The van der Waals surface area contributed by atoms with E-state index in [2.05, 4.69) is 17.6 Å². The Morgan fingerprint density at radius 3 is 2.50 bits per heavy atom. The van der Waals surface area contributed by atoms with Gasteiger partial charge in [0.2, 0.25) is 0 Å². The van der Waals surface area contributed by atoms with Gasteiger partial charge in [-0.25, -0.2) is 0 Å². The number of benzene rings is 1. The largest absolute Gasteiger partial charge is 0.494 e. The third-order valence-electron chi connectivity index (χ3n) is 4.95. The van der Waals surface area contributed by atoms with Crippen molar-refractivity contribution in [3.8, 4) is 5.75 Å². The van der Waals surface area contributed by atoms with Crippen LogP contribution in [0.2, 0.25) is 5.02 Å². The first kappa shape index (κ1) is 22.7. The first-order valence-electron chi connectivity index (χ1n) is 10.2. The monoisotopic (exact) mass is 422 g/mol. The summed E-state index contributed by atoms with van der Waals surface area (Å²) in [4.78, 5) is 12.1. The second kappa shape index (κ2) is 11.4. The molecule has 0 saturated carbocycles. The van der Waals surface area contributed by atoms with E-state index in [0.717, 1.165) is 23.4 Å². The Balaban J connectivity index is 1.94. The van der Waals surface area contributed by atoms with E-state index >= 15 is 0 Å². The molecule has 0 fully saturated rings. The molecule has 154 valence electrons. The number of Topliss-reactive ketones (excluding diaryl/α,β-unsaturated/α-hetero) is 1. The van der Waals surface area contributed by atoms with Crippen LogP contribution in [0.3, 0.4) is 0 Å². The predicted octanol–water partition coefficient (Wildman–Crippen LogP) is 5.85. The highest BCUT2D eigenvalue weighted by atomic mass is 35.5. The van der Waals surface area contributed by atoms with Gasteiger partial charge in [-0.05, 0) is 50.2 Å². The molecular weight excluding hydrogens is 392 g/mol. The minimum Gasteiger partial charge on any atom is -0.494 e. The summed E-state index contributed by atoms with van der Waals surface area (Å²) in [5, 5.41) is 7.21. The third kappa shape index (κ3) is 6.49. The summed E-state index contributed by atoms with van der Waals surface area (Å²) >= 11 is 11.8. The molecule has 1 aromatic carbocycles. The topological polar surface area (TPSA) is 50.4 Å². The Bertz CT molecular complexity index is 733. The van der Waals surface area contributed by atoms with Crippen LogP contribution in [0, 0.1) is 0 Å². The van der Waals surface area contributed by atoms with E-state index in [4.69, 9.17) is 28.6 Å². The van der Waals surface area contributed by atoms with E-state index in [1.807, 2.05) is 25.1 Å². The zero-order chi connectivity index (χ0) is 20.5. The first-order chi connectivity index (χ1) is 13.4. The zero-order valence-electron chi connectivity index (χ0n) is 17.1. The molecule has 0 aromatic heterocycles. The van der Waals surface area contributed by atoms with Crippen molar-refractivity contribution in [3.05, 3.63) is 40.1 Å². The molecule has 1 aliphatic rings. The molecule has 4 nitrogen and oxygen atoms in total. The maximum atomic E-state index is 12.1. The molecule has 1 heterocycles. The van der Waals surface area contributed by atoms with Gasteiger partial charge in [0.1, 0.15) is 5.75 Å². The highest BCUT2D eigenvalue weighted by Crippen LogP contribution is 2.34. The lowest BCUT2D eigenvalue weighted by molar-refractivity contribution is -0.114. The Kier molecular flexibility index (Phi) is 9.26. The molecule has 2 N–H and O–H groups in total. The Hall–Kier alpha value is -1.59. The van der Waals surface area contributed by atoms with Crippen molar-refractivity contribution in [3.63, 3.8) is 0 Å². The Morgan fingerprint density at radius 2 is 1.86 bits per heavy atom. The fourth-order valence-corrected chi connectivity index (χ4v) is 4.03. The van der Waals surface area contributed by atoms with Gasteiger partial charge in [-0.2, -0.15) is 0 Å². The lowest BCUT2D eigenvalue weighted by Crippen LogP contribution is -2.44. The smallest absolute Gasteiger partial charge is 0.171 e. The summed E-state index contributed by atoms with van der Waals surface area (Å²) in [7, 11) is 0. The zero-order valence-corrected chi connectivity index (χ0v) is 18.6. The molecule has 1 atom stereocenters. The normalized spacial score (nSPS) is 16.6. The van der Waals surface area contributed by atoms with E-state index in [-0.39, 0.29) is 11.8 Å². The maximum absolute atomic E-state index is 12.1. The number of carbonyl (C=O) groups is 1. The summed E-state index contributed by atoms with van der Waals surface area (Å²) in [5.74, 6) is 0.738. The molecule has 0 saturated heterocycles. The molecule has 0 bridgehead atoms. The number of rotatable bonds is 11. The van der Waals surface area contributed by atoms with E-state index in [9.17, 15) is 4.79 Å². The molecule has 1 aliphatic heterocycles.